The number of carbonyl (C=O) groups excluding carboxylic acids is 1. The molecule has 24 heavy (non-hydrogen) atoms. The molecule has 0 aliphatic rings. The zero-order valence-corrected chi connectivity index (χ0v) is 16.5. The van der Waals surface area contributed by atoms with E-state index in [4.69, 9.17) is 11.6 Å². The molecule has 0 fully saturated rings. The molecule has 1 aromatic heterocycles. The number of aliphatic imine (C=N–C) groups is 1. The van der Waals surface area contributed by atoms with Crippen LogP contribution in [0.2, 0.25) is 4.34 Å². The van der Waals surface area contributed by atoms with Gasteiger partial charge in [0.1, 0.15) is 6.10 Å². The number of nitrogens with one attached hydrogen (secondary N) is 2. The van der Waals surface area contributed by atoms with Crippen molar-refractivity contribution in [2.24, 2.45) is 4.99 Å². The largest absolute Gasteiger partial charge is 0.386 e. The number of carbonyl (C=O) groups is 1. The number of guanidine groups is 1. The summed E-state index contributed by atoms with van der Waals surface area (Å²) in [5, 5.41) is 16.2. The van der Waals surface area contributed by atoms with E-state index >= 15 is 0 Å². The van der Waals surface area contributed by atoms with Crippen LogP contribution in [0.25, 0.3) is 0 Å². The topological polar surface area (TPSA) is 77.0 Å². The van der Waals surface area contributed by atoms with Crippen molar-refractivity contribution in [1.29, 1.82) is 0 Å². The van der Waals surface area contributed by atoms with E-state index in [1.807, 2.05) is 27.7 Å². The van der Waals surface area contributed by atoms with Gasteiger partial charge in [0.2, 0.25) is 5.91 Å². The molecule has 1 rings (SSSR count). The van der Waals surface area contributed by atoms with E-state index in [0.717, 1.165) is 4.88 Å². The molecule has 1 amide bonds. The van der Waals surface area contributed by atoms with E-state index in [2.05, 4.69) is 15.6 Å². The fourth-order valence-electron chi connectivity index (χ4n) is 1.99. The molecule has 0 aliphatic carbocycles. The molecule has 0 spiro atoms. The summed E-state index contributed by atoms with van der Waals surface area (Å²) in [7, 11) is 1.79. The highest BCUT2D eigenvalue weighted by molar-refractivity contribution is 7.16. The summed E-state index contributed by atoms with van der Waals surface area (Å²) in [5.74, 6) is 0.490. The van der Waals surface area contributed by atoms with E-state index < -0.39 is 6.10 Å². The number of thiophene rings is 1. The standard InChI is InChI=1S/C16H27ClN4O2S/c1-6-18-15(21(5)10-14(23)20-16(2,3)4)19-9-11(22)12-7-8-13(17)24-12/h7-8,11,22H,6,9-10H2,1-5H3,(H,18,19)(H,20,23). The first-order valence-electron chi connectivity index (χ1n) is 7.86. The monoisotopic (exact) mass is 374 g/mol. The van der Waals surface area contributed by atoms with E-state index in [1.54, 1.807) is 24.1 Å². The van der Waals surface area contributed by atoms with E-state index in [-0.39, 0.29) is 24.5 Å². The Bertz CT molecular complexity index is 569. The minimum Gasteiger partial charge on any atom is -0.386 e. The van der Waals surface area contributed by atoms with Crippen molar-refractivity contribution in [3.8, 4) is 0 Å². The zero-order chi connectivity index (χ0) is 18.3. The van der Waals surface area contributed by atoms with Crippen LogP contribution in [0, 0.1) is 0 Å². The number of aliphatic hydroxyl groups is 1. The number of hydrogen-bond donors (Lipinski definition) is 3. The van der Waals surface area contributed by atoms with Crippen molar-refractivity contribution in [2.45, 2.75) is 39.3 Å². The summed E-state index contributed by atoms with van der Waals surface area (Å²) in [6.45, 7) is 8.82. The molecule has 6 nitrogen and oxygen atoms in total. The van der Waals surface area contributed by atoms with Crippen molar-refractivity contribution in [1.82, 2.24) is 15.5 Å². The third kappa shape index (κ3) is 7.51. The molecule has 0 bridgehead atoms. The number of amides is 1. The fourth-order valence-corrected chi connectivity index (χ4v) is 3.03. The molecule has 0 aromatic carbocycles. The molecule has 1 heterocycles. The van der Waals surface area contributed by atoms with Crippen LogP contribution in [0.15, 0.2) is 17.1 Å². The second-order valence-corrected chi connectivity index (χ2v) is 8.25. The van der Waals surface area contributed by atoms with E-state index in [0.29, 0.717) is 16.8 Å². The number of hydrogen-bond acceptors (Lipinski definition) is 4. The van der Waals surface area contributed by atoms with Crippen molar-refractivity contribution in [3.63, 3.8) is 0 Å². The normalized spacial score (nSPS) is 13.5. The molecule has 0 saturated carbocycles. The first-order chi connectivity index (χ1) is 11.1. The molecule has 1 unspecified atom stereocenters. The zero-order valence-electron chi connectivity index (χ0n) is 14.9. The van der Waals surface area contributed by atoms with Crippen LogP contribution in [0.1, 0.15) is 38.7 Å². The van der Waals surface area contributed by atoms with E-state index in [9.17, 15) is 9.90 Å². The van der Waals surface area contributed by atoms with Gasteiger partial charge in [-0.2, -0.15) is 0 Å². The Morgan fingerprint density at radius 1 is 1.46 bits per heavy atom. The first kappa shape index (κ1) is 20.7. The molecule has 136 valence electrons. The number of halogens is 1. The number of aliphatic hydroxyl groups excluding tert-OH is 1. The summed E-state index contributed by atoms with van der Waals surface area (Å²) in [6.07, 6.45) is -0.715. The summed E-state index contributed by atoms with van der Waals surface area (Å²) >= 11 is 7.22. The Morgan fingerprint density at radius 2 is 2.12 bits per heavy atom. The van der Waals surface area contributed by atoms with Crippen molar-refractivity contribution in [3.05, 3.63) is 21.3 Å². The molecule has 0 radical (unpaired) electrons. The Labute approximate surface area is 152 Å². The van der Waals surface area contributed by atoms with Gasteiger partial charge >= 0.3 is 0 Å². The predicted molar refractivity (Wildman–Crippen MR) is 101 cm³/mol. The van der Waals surface area contributed by atoms with Crippen molar-refractivity contribution in [2.75, 3.05) is 26.7 Å². The Kier molecular flexibility index (Phi) is 7.99. The second-order valence-electron chi connectivity index (χ2n) is 6.51. The maximum Gasteiger partial charge on any atom is 0.240 e. The van der Waals surface area contributed by atoms with Crippen LogP contribution < -0.4 is 10.6 Å². The quantitative estimate of drug-likeness (QED) is 0.527. The molecule has 1 aromatic rings. The van der Waals surface area contributed by atoms with Gasteiger partial charge in [0.15, 0.2) is 5.96 Å². The number of likely N-dealkylation sites (N-methyl/N-ethyl adjacent to an activating group) is 1. The molecule has 8 heteroatoms. The summed E-state index contributed by atoms with van der Waals surface area (Å²) in [5.41, 5.74) is -0.276. The lowest BCUT2D eigenvalue weighted by Crippen LogP contribution is -2.48. The maximum absolute atomic E-state index is 12.0. The minimum absolute atomic E-state index is 0.0822. The maximum atomic E-state index is 12.0. The highest BCUT2D eigenvalue weighted by Crippen LogP contribution is 2.26. The van der Waals surface area contributed by atoms with Crippen molar-refractivity contribution >= 4 is 34.8 Å². The SMILES string of the molecule is CCNC(=NCC(O)c1ccc(Cl)s1)N(C)CC(=O)NC(C)(C)C. The lowest BCUT2D eigenvalue weighted by Gasteiger charge is -2.25. The lowest BCUT2D eigenvalue weighted by atomic mass is 10.1. The highest BCUT2D eigenvalue weighted by atomic mass is 35.5. The van der Waals surface area contributed by atoms with Gasteiger partial charge in [0, 0.05) is 24.0 Å². The molecular formula is C16H27ClN4O2S. The van der Waals surface area contributed by atoms with Gasteiger partial charge in [0.25, 0.3) is 0 Å². The Morgan fingerprint density at radius 3 is 2.62 bits per heavy atom. The van der Waals surface area contributed by atoms with Crippen LogP contribution in [-0.2, 0) is 4.79 Å². The van der Waals surface area contributed by atoms with Gasteiger partial charge in [-0.3, -0.25) is 9.79 Å². The van der Waals surface area contributed by atoms with Gasteiger partial charge < -0.3 is 20.6 Å². The third-order valence-corrected chi connectivity index (χ3v) is 4.26. The van der Waals surface area contributed by atoms with Gasteiger partial charge in [0.05, 0.1) is 17.4 Å². The van der Waals surface area contributed by atoms with Crippen LogP contribution in [-0.4, -0.2) is 54.1 Å². The van der Waals surface area contributed by atoms with Crippen LogP contribution in [0.3, 0.4) is 0 Å². The Hall–Kier alpha value is -1.31. The van der Waals surface area contributed by atoms with Gasteiger partial charge in [-0.05, 0) is 39.8 Å². The van der Waals surface area contributed by atoms with Gasteiger partial charge in [-0.15, -0.1) is 11.3 Å². The van der Waals surface area contributed by atoms with Crippen LogP contribution in [0.4, 0.5) is 0 Å². The second kappa shape index (κ2) is 9.25. The predicted octanol–water partition coefficient (Wildman–Crippen LogP) is 2.25. The van der Waals surface area contributed by atoms with E-state index in [1.165, 1.54) is 11.3 Å². The lowest BCUT2D eigenvalue weighted by molar-refractivity contribution is -0.122. The summed E-state index contributed by atoms with van der Waals surface area (Å²) in [4.78, 5) is 19.0. The molecule has 0 aliphatic heterocycles. The summed E-state index contributed by atoms with van der Waals surface area (Å²) < 4.78 is 0.635. The number of rotatable bonds is 6. The average molecular weight is 375 g/mol. The van der Waals surface area contributed by atoms with Gasteiger partial charge in [-0.25, -0.2) is 0 Å². The molecule has 3 N–H and O–H groups in total. The molecular weight excluding hydrogens is 348 g/mol. The van der Waals surface area contributed by atoms with Gasteiger partial charge in [-0.1, -0.05) is 11.6 Å². The van der Waals surface area contributed by atoms with Crippen LogP contribution in [0.5, 0.6) is 0 Å². The molecule has 0 saturated heterocycles. The Balaban J connectivity index is 2.68. The minimum atomic E-state index is -0.715. The summed E-state index contributed by atoms with van der Waals surface area (Å²) in [6, 6.07) is 3.54. The highest BCUT2D eigenvalue weighted by Gasteiger charge is 2.17. The number of nitrogens with zero attached hydrogens (tertiary/aromatic N) is 2. The van der Waals surface area contributed by atoms with Crippen LogP contribution >= 0.6 is 22.9 Å². The fraction of sp³-hybridized carbons (Fsp3) is 0.625. The smallest absolute Gasteiger partial charge is 0.240 e. The first-order valence-corrected chi connectivity index (χ1v) is 9.05. The molecule has 1 atom stereocenters. The van der Waals surface area contributed by atoms with Crippen molar-refractivity contribution < 1.29 is 9.90 Å². The average Bonchev–Trinajstić information content (AvgIpc) is 2.87. The third-order valence-electron chi connectivity index (χ3n) is 2.93.